The molecule has 1 nitrogen and oxygen atoms in total. The standard InChI is InChI=1S/C9H14O/c1-3-8(2)9-4-6-10-7-5-9/h3-4H,5-7H2,1-2H3/b8-3+. The Hall–Kier alpha value is -0.560. The van der Waals surface area contributed by atoms with Crippen LogP contribution in [0, 0.1) is 0 Å². The molecule has 0 bridgehead atoms. The van der Waals surface area contributed by atoms with Crippen LogP contribution in [0.5, 0.6) is 0 Å². The van der Waals surface area contributed by atoms with Gasteiger partial charge in [0, 0.05) is 0 Å². The van der Waals surface area contributed by atoms with Crippen LogP contribution in [-0.2, 0) is 4.74 Å². The molecule has 56 valence electrons. The van der Waals surface area contributed by atoms with Gasteiger partial charge in [0.25, 0.3) is 0 Å². The van der Waals surface area contributed by atoms with Gasteiger partial charge in [0.15, 0.2) is 0 Å². The summed E-state index contributed by atoms with van der Waals surface area (Å²) in [6, 6.07) is 0. The molecule has 10 heavy (non-hydrogen) atoms. The topological polar surface area (TPSA) is 9.23 Å². The van der Waals surface area contributed by atoms with Crippen LogP contribution in [0.3, 0.4) is 0 Å². The van der Waals surface area contributed by atoms with Crippen molar-refractivity contribution in [3.05, 3.63) is 23.3 Å². The van der Waals surface area contributed by atoms with Crippen molar-refractivity contribution in [1.29, 1.82) is 0 Å². The number of ether oxygens (including phenoxy) is 1. The third-order valence-electron chi connectivity index (χ3n) is 1.90. The van der Waals surface area contributed by atoms with Crippen LogP contribution in [0.4, 0.5) is 0 Å². The predicted octanol–water partition coefficient (Wildman–Crippen LogP) is 2.30. The monoisotopic (exact) mass is 138 g/mol. The minimum absolute atomic E-state index is 0.792. The van der Waals surface area contributed by atoms with Gasteiger partial charge in [-0.25, -0.2) is 0 Å². The third kappa shape index (κ3) is 1.71. The summed E-state index contributed by atoms with van der Waals surface area (Å²) in [6.45, 7) is 5.90. The highest BCUT2D eigenvalue weighted by Crippen LogP contribution is 2.16. The lowest BCUT2D eigenvalue weighted by atomic mass is 10.0. The zero-order valence-corrected chi connectivity index (χ0v) is 6.68. The number of rotatable bonds is 1. The van der Waals surface area contributed by atoms with E-state index in [1.807, 2.05) is 0 Å². The van der Waals surface area contributed by atoms with Gasteiger partial charge >= 0.3 is 0 Å². The Morgan fingerprint density at radius 1 is 1.70 bits per heavy atom. The Kier molecular flexibility index (Phi) is 2.69. The molecule has 0 aliphatic carbocycles. The minimum atomic E-state index is 0.792. The number of hydrogen-bond acceptors (Lipinski definition) is 1. The molecule has 0 amide bonds. The molecule has 0 N–H and O–H groups in total. The number of hydrogen-bond donors (Lipinski definition) is 0. The van der Waals surface area contributed by atoms with Crippen molar-refractivity contribution >= 4 is 0 Å². The van der Waals surface area contributed by atoms with E-state index >= 15 is 0 Å². The van der Waals surface area contributed by atoms with E-state index in [1.165, 1.54) is 11.1 Å². The lowest BCUT2D eigenvalue weighted by Gasteiger charge is -2.13. The fourth-order valence-electron chi connectivity index (χ4n) is 1.07. The Labute approximate surface area is 62.4 Å². The summed E-state index contributed by atoms with van der Waals surface area (Å²) in [7, 11) is 0. The fraction of sp³-hybridized carbons (Fsp3) is 0.556. The van der Waals surface area contributed by atoms with Crippen LogP contribution in [0.25, 0.3) is 0 Å². The molecule has 0 unspecified atom stereocenters. The lowest BCUT2D eigenvalue weighted by Crippen LogP contribution is -2.04. The highest BCUT2D eigenvalue weighted by Gasteiger charge is 2.03. The second-order valence-corrected chi connectivity index (χ2v) is 2.53. The van der Waals surface area contributed by atoms with E-state index in [-0.39, 0.29) is 0 Å². The second kappa shape index (κ2) is 3.57. The van der Waals surface area contributed by atoms with E-state index in [0.717, 1.165) is 19.6 Å². The molecule has 1 rings (SSSR count). The summed E-state index contributed by atoms with van der Waals surface area (Å²) in [4.78, 5) is 0. The Morgan fingerprint density at radius 2 is 2.50 bits per heavy atom. The molecule has 1 heteroatoms. The molecule has 0 fully saturated rings. The Bertz CT molecular complexity index is 166. The van der Waals surface area contributed by atoms with Crippen LogP contribution >= 0.6 is 0 Å². The van der Waals surface area contributed by atoms with Gasteiger partial charge in [0.05, 0.1) is 13.2 Å². The van der Waals surface area contributed by atoms with Gasteiger partial charge in [0.1, 0.15) is 0 Å². The molecular weight excluding hydrogens is 124 g/mol. The van der Waals surface area contributed by atoms with Crippen LogP contribution in [-0.4, -0.2) is 13.2 Å². The first-order valence-electron chi connectivity index (χ1n) is 3.74. The molecule has 0 aromatic heterocycles. The summed E-state index contributed by atoms with van der Waals surface area (Å²) in [6.07, 6.45) is 5.40. The molecule has 0 saturated heterocycles. The molecule has 1 aliphatic rings. The largest absolute Gasteiger partial charge is 0.377 e. The average Bonchev–Trinajstić information content (AvgIpc) is 2.05. The maximum atomic E-state index is 5.19. The van der Waals surface area contributed by atoms with Crippen molar-refractivity contribution in [1.82, 2.24) is 0 Å². The minimum Gasteiger partial charge on any atom is -0.377 e. The summed E-state index contributed by atoms with van der Waals surface area (Å²) < 4.78 is 5.19. The van der Waals surface area contributed by atoms with E-state index in [4.69, 9.17) is 4.74 Å². The highest BCUT2D eigenvalue weighted by atomic mass is 16.5. The summed E-state index contributed by atoms with van der Waals surface area (Å²) in [5.74, 6) is 0. The zero-order valence-electron chi connectivity index (χ0n) is 6.68. The smallest absolute Gasteiger partial charge is 0.0653 e. The van der Waals surface area contributed by atoms with E-state index < -0.39 is 0 Å². The van der Waals surface area contributed by atoms with Crippen molar-refractivity contribution in [2.45, 2.75) is 20.3 Å². The van der Waals surface area contributed by atoms with Crippen LogP contribution in [0.2, 0.25) is 0 Å². The zero-order chi connectivity index (χ0) is 7.40. The third-order valence-corrected chi connectivity index (χ3v) is 1.90. The van der Waals surface area contributed by atoms with Gasteiger partial charge in [-0.1, -0.05) is 17.7 Å². The molecule has 1 heterocycles. The summed E-state index contributed by atoms with van der Waals surface area (Å²) in [5, 5.41) is 0. The summed E-state index contributed by atoms with van der Waals surface area (Å²) in [5.41, 5.74) is 2.84. The average molecular weight is 138 g/mol. The molecule has 0 radical (unpaired) electrons. The Balaban J connectivity index is 2.62. The first-order valence-corrected chi connectivity index (χ1v) is 3.74. The molecular formula is C9H14O. The van der Waals surface area contributed by atoms with Crippen LogP contribution in [0.1, 0.15) is 20.3 Å². The highest BCUT2D eigenvalue weighted by molar-refractivity contribution is 5.29. The number of allylic oxidation sites excluding steroid dienone is 2. The van der Waals surface area contributed by atoms with Crippen molar-refractivity contribution < 1.29 is 4.74 Å². The van der Waals surface area contributed by atoms with Gasteiger partial charge in [-0.3, -0.25) is 0 Å². The first-order chi connectivity index (χ1) is 4.84. The van der Waals surface area contributed by atoms with E-state index in [9.17, 15) is 0 Å². The lowest BCUT2D eigenvalue weighted by molar-refractivity contribution is 0.155. The van der Waals surface area contributed by atoms with Crippen LogP contribution in [0.15, 0.2) is 23.3 Å². The quantitative estimate of drug-likeness (QED) is 0.540. The normalized spacial score (nSPS) is 20.6. The van der Waals surface area contributed by atoms with E-state index in [0.29, 0.717) is 0 Å². The fourth-order valence-corrected chi connectivity index (χ4v) is 1.07. The molecule has 0 aromatic carbocycles. The SMILES string of the molecule is C/C=C(\C)C1=CCOCC1. The van der Waals surface area contributed by atoms with E-state index in [1.54, 1.807) is 0 Å². The van der Waals surface area contributed by atoms with Crippen molar-refractivity contribution in [3.63, 3.8) is 0 Å². The van der Waals surface area contributed by atoms with Gasteiger partial charge in [0.2, 0.25) is 0 Å². The van der Waals surface area contributed by atoms with Crippen molar-refractivity contribution in [2.24, 2.45) is 0 Å². The second-order valence-electron chi connectivity index (χ2n) is 2.53. The predicted molar refractivity (Wildman–Crippen MR) is 43.0 cm³/mol. The molecule has 0 aromatic rings. The molecule has 0 spiro atoms. The Morgan fingerprint density at radius 3 is 3.00 bits per heavy atom. The maximum absolute atomic E-state index is 5.19. The van der Waals surface area contributed by atoms with Gasteiger partial charge in [-0.05, 0) is 25.8 Å². The van der Waals surface area contributed by atoms with Gasteiger partial charge in [-0.2, -0.15) is 0 Å². The maximum Gasteiger partial charge on any atom is 0.0653 e. The molecule has 0 atom stereocenters. The van der Waals surface area contributed by atoms with Crippen LogP contribution < -0.4 is 0 Å². The first kappa shape index (κ1) is 7.55. The van der Waals surface area contributed by atoms with Gasteiger partial charge < -0.3 is 4.74 Å². The summed E-state index contributed by atoms with van der Waals surface area (Å²) >= 11 is 0. The molecule has 0 saturated carbocycles. The van der Waals surface area contributed by atoms with Crippen molar-refractivity contribution in [2.75, 3.05) is 13.2 Å². The van der Waals surface area contributed by atoms with Gasteiger partial charge in [-0.15, -0.1) is 0 Å². The molecule has 1 aliphatic heterocycles. The van der Waals surface area contributed by atoms with E-state index in [2.05, 4.69) is 26.0 Å². The van der Waals surface area contributed by atoms with Crippen molar-refractivity contribution in [3.8, 4) is 0 Å².